The molecule has 0 aliphatic heterocycles. The third-order valence-electron chi connectivity index (χ3n) is 2.20. The van der Waals surface area contributed by atoms with Crippen LogP contribution in [0.25, 0.3) is 0 Å². The maximum atomic E-state index is 10.4. The minimum atomic E-state index is -0.413. The largest absolute Gasteiger partial charge is 0.361 e. The summed E-state index contributed by atoms with van der Waals surface area (Å²) in [5, 5.41) is 14.2. The van der Waals surface area contributed by atoms with Crippen LogP contribution >= 0.6 is 11.3 Å². The topological polar surface area (TPSA) is 68.1 Å². The Kier molecular flexibility index (Phi) is 2.62. The summed E-state index contributed by atoms with van der Waals surface area (Å²) in [6.07, 6.45) is 5.11. The number of hydrogen-bond donors (Lipinski definition) is 1. The number of thiazole rings is 1. The molecule has 0 bridgehead atoms. The summed E-state index contributed by atoms with van der Waals surface area (Å²) in [7, 11) is 0. The number of rotatable bonds is 5. The van der Waals surface area contributed by atoms with Crippen molar-refractivity contribution in [1.29, 1.82) is 0 Å². The van der Waals surface area contributed by atoms with Crippen LogP contribution in [0.2, 0.25) is 0 Å². The van der Waals surface area contributed by atoms with Gasteiger partial charge in [-0.3, -0.25) is 10.1 Å². The average Bonchev–Trinajstić information content (AvgIpc) is 2.82. The standard InChI is InChI=1S/C8H11N3O2S/c12-11(13)7-5-10-8(14-7)9-4-3-6-1-2-6/h5-6H,1-4H2,(H,9,10). The van der Waals surface area contributed by atoms with Crippen molar-refractivity contribution in [3.05, 3.63) is 16.3 Å². The van der Waals surface area contributed by atoms with Crippen LogP contribution in [0.15, 0.2) is 6.20 Å². The Labute approximate surface area is 85.3 Å². The molecule has 1 heterocycles. The zero-order valence-electron chi connectivity index (χ0n) is 7.60. The normalized spacial score (nSPS) is 15.4. The molecular formula is C8H11N3O2S. The summed E-state index contributed by atoms with van der Waals surface area (Å²) in [6.45, 7) is 0.870. The van der Waals surface area contributed by atoms with E-state index in [2.05, 4.69) is 10.3 Å². The lowest BCUT2D eigenvalue weighted by Gasteiger charge is -1.98. The van der Waals surface area contributed by atoms with Crippen LogP contribution < -0.4 is 5.32 Å². The Morgan fingerprint density at radius 2 is 2.50 bits per heavy atom. The van der Waals surface area contributed by atoms with E-state index in [9.17, 15) is 10.1 Å². The Morgan fingerprint density at radius 1 is 1.71 bits per heavy atom. The molecule has 2 rings (SSSR count). The fourth-order valence-electron chi connectivity index (χ4n) is 1.22. The summed E-state index contributed by atoms with van der Waals surface area (Å²) in [4.78, 5) is 13.9. The molecule has 5 nitrogen and oxygen atoms in total. The van der Waals surface area contributed by atoms with Crippen LogP contribution in [0.5, 0.6) is 0 Å². The summed E-state index contributed by atoms with van der Waals surface area (Å²) in [5.41, 5.74) is 0. The number of aromatic nitrogens is 1. The van der Waals surface area contributed by atoms with E-state index < -0.39 is 4.92 Å². The second kappa shape index (κ2) is 3.91. The molecule has 1 N–H and O–H groups in total. The molecule has 1 fully saturated rings. The molecule has 0 amide bonds. The molecule has 0 saturated heterocycles. The Hall–Kier alpha value is -1.17. The highest BCUT2D eigenvalue weighted by Gasteiger charge is 2.20. The first-order valence-electron chi connectivity index (χ1n) is 4.60. The molecule has 1 saturated carbocycles. The summed E-state index contributed by atoms with van der Waals surface area (Å²) in [5.74, 6) is 0.873. The monoisotopic (exact) mass is 213 g/mol. The van der Waals surface area contributed by atoms with Crippen molar-refractivity contribution < 1.29 is 4.92 Å². The van der Waals surface area contributed by atoms with Gasteiger partial charge in [-0.15, -0.1) is 0 Å². The van der Waals surface area contributed by atoms with Gasteiger partial charge < -0.3 is 5.32 Å². The third kappa shape index (κ3) is 2.41. The van der Waals surface area contributed by atoms with E-state index in [1.54, 1.807) is 0 Å². The van der Waals surface area contributed by atoms with E-state index in [-0.39, 0.29) is 5.00 Å². The highest BCUT2D eigenvalue weighted by molar-refractivity contribution is 7.18. The lowest BCUT2D eigenvalue weighted by molar-refractivity contribution is -0.380. The molecule has 14 heavy (non-hydrogen) atoms. The van der Waals surface area contributed by atoms with Gasteiger partial charge in [-0.2, -0.15) is 0 Å². The van der Waals surface area contributed by atoms with Gasteiger partial charge in [0.1, 0.15) is 6.20 Å². The maximum absolute atomic E-state index is 10.4. The van der Waals surface area contributed by atoms with E-state index in [0.717, 1.165) is 30.2 Å². The van der Waals surface area contributed by atoms with Gasteiger partial charge in [-0.1, -0.05) is 12.8 Å². The Morgan fingerprint density at radius 3 is 3.07 bits per heavy atom. The molecule has 0 spiro atoms. The fraction of sp³-hybridized carbons (Fsp3) is 0.625. The quantitative estimate of drug-likeness (QED) is 0.601. The van der Waals surface area contributed by atoms with Gasteiger partial charge >= 0.3 is 5.00 Å². The number of anilines is 1. The van der Waals surface area contributed by atoms with Crippen molar-refractivity contribution in [2.75, 3.05) is 11.9 Å². The lowest BCUT2D eigenvalue weighted by atomic mass is 10.3. The second-order valence-corrected chi connectivity index (χ2v) is 4.43. The van der Waals surface area contributed by atoms with E-state index >= 15 is 0 Å². The smallest absolute Gasteiger partial charge is 0.345 e. The van der Waals surface area contributed by atoms with Gasteiger partial charge in [0.15, 0.2) is 5.13 Å². The Bertz CT molecular complexity index is 335. The molecule has 76 valence electrons. The molecule has 1 aromatic heterocycles. The van der Waals surface area contributed by atoms with E-state index in [1.807, 2.05) is 0 Å². The summed E-state index contributed by atoms with van der Waals surface area (Å²) >= 11 is 1.09. The van der Waals surface area contributed by atoms with Crippen molar-refractivity contribution in [1.82, 2.24) is 4.98 Å². The third-order valence-corrected chi connectivity index (χ3v) is 3.11. The van der Waals surface area contributed by atoms with Crippen molar-refractivity contribution in [2.24, 2.45) is 5.92 Å². The van der Waals surface area contributed by atoms with Crippen LogP contribution in [0, 0.1) is 16.0 Å². The van der Waals surface area contributed by atoms with E-state index in [0.29, 0.717) is 5.13 Å². The van der Waals surface area contributed by atoms with Crippen molar-refractivity contribution in [3.63, 3.8) is 0 Å². The van der Waals surface area contributed by atoms with Crippen LogP contribution in [-0.4, -0.2) is 16.5 Å². The zero-order valence-corrected chi connectivity index (χ0v) is 8.42. The summed E-state index contributed by atoms with van der Waals surface area (Å²) < 4.78 is 0. The van der Waals surface area contributed by atoms with E-state index in [1.165, 1.54) is 19.0 Å². The van der Waals surface area contributed by atoms with Gasteiger partial charge in [0, 0.05) is 6.54 Å². The zero-order chi connectivity index (χ0) is 9.97. The van der Waals surface area contributed by atoms with Crippen LogP contribution in [-0.2, 0) is 0 Å². The number of hydrogen-bond acceptors (Lipinski definition) is 5. The molecule has 1 aliphatic rings. The van der Waals surface area contributed by atoms with Crippen molar-refractivity contribution in [3.8, 4) is 0 Å². The molecule has 0 atom stereocenters. The first-order valence-corrected chi connectivity index (χ1v) is 5.41. The van der Waals surface area contributed by atoms with Crippen LogP contribution in [0.1, 0.15) is 19.3 Å². The predicted octanol–water partition coefficient (Wildman–Crippen LogP) is 2.26. The molecular weight excluding hydrogens is 202 g/mol. The van der Waals surface area contributed by atoms with Gasteiger partial charge in [0.2, 0.25) is 0 Å². The predicted molar refractivity (Wildman–Crippen MR) is 54.6 cm³/mol. The fourth-order valence-corrected chi connectivity index (χ4v) is 1.88. The lowest BCUT2D eigenvalue weighted by Crippen LogP contribution is -2.01. The van der Waals surface area contributed by atoms with E-state index in [4.69, 9.17) is 0 Å². The maximum Gasteiger partial charge on any atom is 0.345 e. The van der Waals surface area contributed by atoms with Crippen LogP contribution in [0.3, 0.4) is 0 Å². The number of nitrogens with zero attached hydrogens (tertiary/aromatic N) is 2. The molecule has 0 radical (unpaired) electrons. The van der Waals surface area contributed by atoms with Crippen molar-refractivity contribution in [2.45, 2.75) is 19.3 Å². The SMILES string of the molecule is O=[N+]([O-])c1cnc(NCCC2CC2)s1. The number of nitro groups is 1. The van der Waals surface area contributed by atoms with Crippen LogP contribution in [0.4, 0.5) is 10.1 Å². The van der Waals surface area contributed by atoms with Gasteiger partial charge in [0.25, 0.3) is 0 Å². The first kappa shape index (κ1) is 9.39. The minimum absolute atomic E-state index is 0.0962. The molecule has 6 heteroatoms. The van der Waals surface area contributed by atoms with Crippen molar-refractivity contribution >= 4 is 21.5 Å². The molecule has 1 aliphatic carbocycles. The van der Waals surface area contributed by atoms with Gasteiger partial charge in [-0.05, 0) is 23.7 Å². The van der Waals surface area contributed by atoms with Gasteiger partial charge in [0.05, 0.1) is 4.92 Å². The highest BCUT2D eigenvalue weighted by Crippen LogP contribution is 2.32. The highest BCUT2D eigenvalue weighted by atomic mass is 32.1. The number of nitrogens with one attached hydrogen (secondary N) is 1. The Balaban J connectivity index is 1.79. The second-order valence-electron chi connectivity index (χ2n) is 3.42. The summed E-state index contributed by atoms with van der Waals surface area (Å²) in [6, 6.07) is 0. The average molecular weight is 213 g/mol. The molecule has 0 aromatic carbocycles. The first-order chi connectivity index (χ1) is 6.75. The van der Waals surface area contributed by atoms with Gasteiger partial charge in [-0.25, -0.2) is 4.98 Å². The molecule has 0 unspecified atom stereocenters. The molecule has 1 aromatic rings. The minimum Gasteiger partial charge on any atom is -0.361 e.